The monoisotopic (exact) mass is 287 g/mol. The molecule has 9 N–H and O–H groups in total. The fourth-order valence-electron chi connectivity index (χ4n) is 0.650. The minimum Gasteiger partial charge on any atom is -0.478 e. The van der Waals surface area contributed by atoms with Crippen molar-refractivity contribution in [3.63, 3.8) is 0 Å². The molecule has 11 nitrogen and oxygen atoms in total. The third-order valence-corrected chi connectivity index (χ3v) is 1.77. The van der Waals surface area contributed by atoms with Gasteiger partial charge in [-0.2, -0.15) is 0 Å². The van der Waals surface area contributed by atoms with Crippen LogP contribution >= 0.6 is 0 Å². The smallest absolute Gasteiger partial charge is 0.353 e. The normalized spacial score (nSPS) is 12.6. The number of hydrogen-bond donors (Lipinski definition) is 6. The Morgan fingerprint density at radius 1 is 1.10 bits per heavy atom. The van der Waals surface area contributed by atoms with Crippen LogP contribution < -0.4 is 17.2 Å². The molecule has 1 aromatic heterocycles. The molecule has 0 bridgehead atoms. The Kier molecular flexibility index (Phi) is 6.15. The predicted octanol–water partition coefficient (Wildman–Crippen LogP) is -3.61. The zero-order chi connectivity index (χ0) is 15.9. The SMILES string of the molecule is NC(=O)c1cnc(C(N)=O)cn1.N[C@@](O)(CO)C(=O)O. The van der Waals surface area contributed by atoms with Crippen molar-refractivity contribution < 1.29 is 29.7 Å². The van der Waals surface area contributed by atoms with Gasteiger partial charge in [-0.15, -0.1) is 0 Å². The highest BCUT2D eigenvalue weighted by Crippen LogP contribution is 1.93. The number of carboxylic acid groups (broad SMARTS) is 1. The Morgan fingerprint density at radius 2 is 1.45 bits per heavy atom. The molecule has 0 aliphatic heterocycles. The second-order valence-corrected chi connectivity index (χ2v) is 3.40. The number of carbonyl (C=O) groups excluding carboxylic acids is 2. The highest BCUT2D eigenvalue weighted by Gasteiger charge is 2.29. The van der Waals surface area contributed by atoms with Crippen LogP contribution in [0.25, 0.3) is 0 Å². The molecular formula is C9H13N5O6. The van der Waals surface area contributed by atoms with E-state index in [9.17, 15) is 14.4 Å². The first-order valence-electron chi connectivity index (χ1n) is 4.89. The Morgan fingerprint density at radius 3 is 1.55 bits per heavy atom. The maximum atomic E-state index is 10.5. The van der Waals surface area contributed by atoms with Gasteiger partial charge in [0.05, 0.1) is 19.0 Å². The number of carbonyl (C=O) groups is 3. The number of primary amides is 2. The number of amides is 2. The lowest BCUT2D eigenvalue weighted by Gasteiger charge is -2.12. The summed E-state index contributed by atoms with van der Waals surface area (Å²) in [6, 6.07) is 0. The molecule has 1 aromatic rings. The van der Waals surface area contributed by atoms with Gasteiger partial charge >= 0.3 is 5.97 Å². The second-order valence-electron chi connectivity index (χ2n) is 3.40. The molecule has 2 amide bonds. The van der Waals surface area contributed by atoms with Gasteiger partial charge in [0.25, 0.3) is 11.8 Å². The van der Waals surface area contributed by atoms with E-state index in [0.29, 0.717) is 0 Å². The average Bonchev–Trinajstić information content (AvgIpc) is 2.39. The molecule has 11 heteroatoms. The largest absolute Gasteiger partial charge is 0.478 e. The number of hydrogen-bond acceptors (Lipinski definition) is 8. The fraction of sp³-hybridized carbons (Fsp3) is 0.222. The van der Waals surface area contributed by atoms with Crippen molar-refractivity contribution >= 4 is 17.8 Å². The molecule has 1 atom stereocenters. The van der Waals surface area contributed by atoms with E-state index in [-0.39, 0.29) is 11.4 Å². The van der Waals surface area contributed by atoms with Gasteiger partial charge in [-0.05, 0) is 0 Å². The van der Waals surface area contributed by atoms with Crippen LogP contribution in [-0.2, 0) is 4.79 Å². The minimum absolute atomic E-state index is 0.000000000000000222. The van der Waals surface area contributed by atoms with E-state index >= 15 is 0 Å². The van der Waals surface area contributed by atoms with Crippen molar-refractivity contribution in [2.24, 2.45) is 17.2 Å². The first-order valence-corrected chi connectivity index (χ1v) is 4.89. The number of nitrogens with zero attached hydrogens (tertiary/aromatic N) is 2. The molecule has 1 rings (SSSR count). The lowest BCUT2D eigenvalue weighted by Crippen LogP contribution is -2.51. The summed E-state index contributed by atoms with van der Waals surface area (Å²) in [6.07, 6.45) is 2.20. The van der Waals surface area contributed by atoms with Crippen LogP contribution in [0.3, 0.4) is 0 Å². The van der Waals surface area contributed by atoms with Gasteiger partial charge < -0.3 is 26.8 Å². The molecule has 0 saturated heterocycles. The number of rotatable bonds is 4. The number of aliphatic hydroxyl groups is 2. The van der Waals surface area contributed by atoms with E-state index in [1.807, 2.05) is 0 Å². The number of carboxylic acids is 1. The Hall–Kier alpha value is -2.63. The third kappa shape index (κ3) is 5.34. The van der Waals surface area contributed by atoms with Crippen LogP contribution in [0.15, 0.2) is 12.4 Å². The molecule has 0 radical (unpaired) electrons. The van der Waals surface area contributed by atoms with Gasteiger partial charge in [0.1, 0.15) is 11.4 Å². The average molecular weight is 287 g/mol. The molecule has 20 heavy (non-hydrogen) atoms. The summed E-state index contributed by atoms with van der Waals surface area (Å²) in [5.74, 6) is -3.03. The number of aliphatic hydroxyl groups excluding tert-OH is 1. The first-order chi connectivity index (χ1) is 9.11. The zero-order valence-electron chi connectivity index (χ0n) is 10.1. The van der Waals surface area contributed by atoms with Gasteiger partial charge in [-0.25, -0.2) is 14.8 Å². The van der Waals surface area contributed by atoms with Crippen LogP contribution in [0.2, 0.25) is 0 Å². The highest BCUT2D eigenvalue weighted by molar-refractivity contribution is 5.92. The van der Waals surface area contributed by atoms with Crippen LogP contribution in [0.1, 0.15) is 21.0 Å². The number of aliphatic carboxylic acids is 1. The van der Waals surface area contributed by atoms with E-state index in [1.54, 1.807) is 0 Å². The van der Waals surface area contributed by atoms with Crippen molar-refractivity contribution in [3.8, 4) is 0 Å². The summed E-state index contributed by atoms with van der Waals surface area (Å²) in [6.45, 7) is -0.984. The third-order valence-electron chi connectivity index (χ3n) is 1.77. The summed E-state index contributed by atoms with van der Waals surface area (Å²) in [4.78, 5) is 37.8. The zero-order valence-corrected chi connectivity index (χ0v) is 10.1. The lowest BCUT2D eigenvalue weighted by molar-refractivity contribution is -0.161. The van der Waals surface area contributed by atoms with E-state index in [1.165, 1.54) is 0 Å². The van der Waals surface area contributed by atoms with Crippen molar-refractivity contribution in [3.05, 3.63) is 23.8 Å². The van der Waals surface area contributed by atoms with E-state index in [2.05, 4.69) is 15.7 Å². The van der Waals surface area contributed by atoms with Crippen molar-refractivity contribution in [1.29, 1.82) is 0 Å². The van der Waals surface area contributed by atoms with E-state index in [0.717, 1.165) is 12.4 Å². The van der Waals surface area contributed by atoms with E-state index in [4.69, 9.17) is 26.8 Å². The van der Waals surface area contributed by atoms with Crippen LogP contribution in [0.5, 0.6) is 0 Å². The van der Waals surface area contributed by atoms with Crippen molar-refractivity contribution in [1.82, 2.24) is 9.97 Å². The summed E-state index contributed by atoms with van der Waals surface area (Å²) in [5, 5.41) is 24.2. The molecule has 110 valence electrons. The molecule has 0 aliphatic rings. The van der Waals surface area contributed by atoms with E-state index < -0.39 is 30.1 Å². The number of nitrogens with two attached hydrogens (primary N) is 3. The maximum Gasteiger partial charge on any atom is 0.353 e. The fourth-order valence-corrected chi connectivity index (χ4v) is 0.650. The molecule has 0 spiro atoms. The molecule has 0 aromatic carbocycles. The van der Waals surface area contributed by atoms with Crippen molar-refractivity contribution in [2.45, 2.75) is 5.72 Å². The van der Waals surface area contributed by atoms with Crippen LogP contribution in [0, 0.1) is 0 Å². The van der Waals surface area contributed by atoms with Gasteiger partial charge in [0.15, 0.2) is 0 Å². The Balaban J connectivity index is 0.000000396. The lowest BCUT2D eigenvalue weighted by atomic mass is 10.3. The molecule has 1 heterocycles. The summed E-state index contributed by atoms with van der Waals surface area (Å²) < 4.78 is 0. The maximum absolute atomic E-state index is 10.5. The Bertz CT molecular complexity index is 467. The highest BCUT2D eigenvalue weighted by atomic mass is 16.4. The second kappa shape index (κ2) is 7.08. The summed E-state index contributed by atoms with van der Waals surface area (Å²) in [5.41, 5.74) is 11.8. The van der Waals surface area contributed by atoms with Gasteiger partial charge in [0, 0.05) is 0 Å². The standard InChI is InChI=1S/C6H6N4O2.C3H7NO4/c7-5(11)3-1-9-4(2-10-3)6(8)12;4-3(8,1-5)2(6)7/h1-2H,(H2,7,11)(H2,8,12);5,8H,1,4H2,(H,6,7)/t;3-/m.1/s1. The molecular weight excluding hydrogens is 274 g/mol. The van der Waals surface area contributed by atoms with Crippen LogP contribution in [-0.4, -0.2) is 55.4 Å². The first kappa shape index (κ1) is 17.4. The van der Waals surface area contributed by atoms with Crippen LogP contribution in [0.4, 0.5) is 0 Å². The predicted molar refractivity (Wildman–Crippen MR) is 62.9 cm³/mol. The molecule has 0 fully saturated rings. The quantitative estimate of drug-likeness (QED) is 0.301. The molecule has 0 unspecified atom stereocenters. The topological polar surface area (TPSA) is 216 Å². The summed E-state index contributed by atoms with van der Waals surface area (Å²) >= 11 is 0. The molecule has 0 aliphatic carbocycles. The van der Waals surface area contributed by atoms with Gasteiger partial charge in [0.2, 0.25) is 5.72 Å². The summed E-state index contributed by atoms with van der Waals surface area (Å²) in [7, 11) is 0. The minimum atomic E-state index is -2.49. The number of aromatic nitrogens is 2. The molecule has 0 saturated carbocycles. The van der Waals surface area contributed by atoms with Gasteiger partial charge in [-0.1, -0.05) is 0 Å². The van der Waals surface area contributed by atoms with Gasteiger partial charge in [-0.3, -0.25) is 15.3 Å². The Labute approximate surface area is 112 Å². The van der Waals surface area contributed by atoms with Crippen molar-refractivity contribution in [2.75, 3.05) is 6.61 Å².